The lowest BCUT2D eigenvalue weighted by Crippen LogP contribution is -2.36. The molecule has 0 aliphatic carbocycles. The number of hydrogen-bond donors (Lipinski definition) is 0. The number of aryl methyl sites for hydroxylation is 1. The minimum atomic E-state index is -3.90. The van der Waals surface area contributed by atoms with E-state index < -0.39 is 22.5 Å². The smallest absolute Gasteiger partial charge is 0.326 e. The number of halogens is 1. The molecule has 0 saturated heterocycles. The number of nitrogens with zero attached hydrogens (tertiary/aromatic N) is 1. The second-order valence-corrected chi connectivity index (χ2v) is 7.80. The summed E-state index contributed by atoms with van der Waals surface area (Å²) in [6.07, 6.45) is 0. The molecule has 2 aromatic rings. The van der Waals surface area contributed by atoms with Gasteiger partial charge in [-0.15, -0.1) is 0 Å². The van der Waals surface area contributed by atoms with Crippen LogP contribution < -0.4 is 4.31 Å². The molecule has 0 unspecified atom stereocenters. The lowest BCUT2D eigenvalue weighted by Gasteiger charge is -2.24. The maximum absolute atomic E-state index is 13.0. The number of carbonyl (C=O) groups excluding carboxylic acids is 1. The SMILES string of the molecule is CCOC(=O)CN(c1ccccc1Br)S(=O)(=O)c1ccc(C)cc1. The molecular formula is C17H18BrNO4S. The lowest BCUT2D eigenvalue weighted by atomic mass is 10.2. The zero-order chi connectivity index (χ0) is 17.7. The van der Waals surface area contributed by atoms with Crippen molar-refractivity contribution in [1.29, 1.82) is 0 Å². The van der Waals surface area contributed by atoms with Crippen molar-refractivity contribution in [3.8, 4) is 0 Å². The molecule has 0 saturated carbocycles. The minimum Gasteiger partial charge on any atom is -0.465 e. The Labute approximate surface area is 150 Å². The summed E-state index contributed by atoms with van der Waals surface area (Å²) in [4.78, 5) is 12.0. The van der Waals surface area contributed by atoms with Gasteiger partial charge in [0.15, 0.2) is 0 Å². The Kier molecular flexibility index (Phi) is 6.01. The predicted octanol–water partition coefficient (Wildman–Crippen LogP) is 3.52. The number of benzene rings is 2. The highest BCUT2D eigenvalue weighted by molar-refractivity contribution is 9.10. The number of anilines is 1. The highest BCUT2D eigenvalue weighted by atomic mass is 79.9. The molecule has 0 atom stereocenters. The first-order valence-corrected chi connectivity index (χ1v) is 9.59. The van der Waals surface area contributed by atoms with Gasteiger partial charge in [-0.3, -0.25) is 9.10 Å². The Hall–Kier alpha value is -1.86. The molecule has 0 heterocycles. The third-order valence-electron chi connectivity index (χ3n) is 3.31. The molecule has 2 rings (SSSR count). The molecule has 7 heteroatoms. The average molecular weight is 412 g/mol. The highest BCUT2D eigenvalue weighted by Gasteiger charge is 2.28. The van der Waals surface area contributed by atoms with E-state index in [1.165, 1.54) is 12.1 Å². The van der Waals surface area contributed by atoms with Gasteiger partial charge in [-0.2, -0.15) is 0 Å². The number of sulfonamides is 1. The van der Waals surface area contributed by atoms with Gasteiger partial charge in [-0.25, -0.2) is 8.42 Å². The van der Waals surface area contributed by atoms with Crippen LogP contribution in [0.2, 0.25) is 0 Å². The largest absolute Gasteiger partial charge is 0.465 e. The summed E-state index contributed by atoms with van der Waals surface area (Å²) in [6, 6.07) is 13.3. The van der Waals surface area contributed by atoms with Crippen LogP contribution in [0.3, 0.4) is 0 Å². The third kappa shape index (κ3) is 4.15. The molecule has 0 bridgehead atoms. The fourth-order valence-corrected chi connectivity index (χ4v) is 4.16. The second-order valence-electron chi connectivity index (χ2n) is 5.08. The number of ether oxygens (including phenoxy) is 1. The molecule has 0 aliphatic heterocycles. The average Bonchev–Trinajstić information content (AvgIpc) is 2.54. The zero-order valence-electron chi connectivity index (χ0n) is 13.4. The van der Waals surface area contributed by atoms with Crippen molar-refractivity contribution >= 4 is 37.6 Å². The van der Waals surface area contributed by atoms with Gasteiger partial charge in [-0.05, 0) is 54.0 Å². The van der Waals surface area contributed by atoms with E-state index in [0.29, 0.717) is 10.2 Å². The summed E-state index contributed by atoms with van der Waals surface area (Å²) in [5.41, 5.74) is 1.33. The van der Waals surface area contributed by atoms with Crippen LogP contribution in [0.25, 0.3) is 0 Å². The molecule has 0 aliphatic rings. The first-order chi connectivity index (χ1) is 11.4. The Balaban J connectivity index is 2.50. The standard InChI is InChI=1S/C17H18BrNO4S/c1-3-23-17(20)12-19(16-7-5-4-6-15(16)18)24(21,22)14-10-8-13(2)9-11-14/h4-11H,3,12H2,1-2H3. The van der Waals surface area contributed by atoms with Gasteiger partial charge < -0.3 is 4.74 Å². The van der Waals surface area contributed by atoms with Crippen LogP contribution >= 0.6 is 15.9 Å². The molecule has 5 nitrogen and oxygen atoms in total. The molecule has 0 aromatic heterocycles. The van der Waals surface area contributed by atoms with E-state index >= 15 is 0 Å². The zero-order valence-corrected chi connectivity index (χ0v) is 15.8. The van der Waals surface area contributed by atoms with Crippen molar-refractivity contribution in [3.05, 3.63) is 58.6 Å². The molecule has 0 N–H and O–H groups in total. The minimum absolute atomic E-state index is 0.119. The molecule has 0 radical (unpaired) electrons. The van der Waals surface area contributed by atoms with E-state index in [0.717, 1.165) is 9.87 Å². The van der Waals surface area contributed by atoms with Gasteiger partial charge in [0.1, 0.15) is 6.54 Å². The first kappa shape index (κ1) is 18.5. The van der Waals surface area contributed by atoms with Crippen LogP contribution in [-0.2, 0) is 19.6 Å². The van der Waals surface area contributed by atoms with E-state index in [2.05, 4.69) is 15.9 Å². The van der Waals surface area contributed by atoms with Crippen LogP contribution in [-0.4, -0.2) is 27.5 Å². The Morgan fingerprint density at radius 3 is 2.33 bits per heavy atom. The van der Waals surface area contributed by atoms with Crippen molar-refractivity contribution in [2.45, 2.75) is 18.7 Å². The summed E-state index contributed by atoms with van der Waals surface area (Å²) in [7, 11) is -3.90. The van der Waals surface area contributed by atoms with Gasteiger partial charge in [-0.1, -0.05) is 29.8 Å². The molecule has 128 valence electrons. The summed E-state index contributed by atoms with van der Waals surface area (Å²) in [5.74, 6) is -0.607. The number of esters is 1. The van der Waals surface area contributed by atoms with Gasteiger partial charge in [0, 0.05) is 4.47 Å². The summed E-state index contributed by atoms with van der Waals surface area (Å²) >= 11 is 3.34. The van der Waals surface area contributed by atoms with E-state index in [9.17, 15) is 13.2 Å². The van der Waals surface area contributed by atoms with E-state index in [4.69, 9.17) is 4.74 Å². The molecule has 2 aromatic carbocycles. The monoisotopic (exact) mass is 411 g/mol. The van der Waals surface area contributed by atoms with Crippen LogP contribution in [0, 0.1) is 6.92 Å². The van der Waals surface area contributed by atoms with E-state index in [-0.39, 0.29) is 11.5 Å². The molecule has 24 heavy (non-hydrogen) atoms. The number of hydrogen-bond acceptors (Lipinski definition) is 4. The maximum Gasteiger partial charge on any atom is 0.326 e. The molecule has 0 amide bonds. The van der Waals surface area contributed by atoms with Gasteiger partial charge in [0.05, 0.1) is 17.2 Å². The van der Waals surface area contributed by atoms with Crippen molar-refractivity contribution < 1.29 is 17.9 Å². The van der Waals surface area contributed by atoms with E-state index in [1.807, 2.05) is 6.92 Å². The van der Waals surface area contributed by atoms with Crippen LogP contribution in [0.5, 0.6) is 0 Å². The van der Waals surface area contributed by atoms with Crippen molar-refractivity contribution in [2.24, 2.45) is 0 Å². The summed E-state index contributed by atoms with van der Waals surface area (Å²) < 4.78 is 32.6. The number of para-hydroxylation sites is 1. The summed E-state index contributed by atoms with van der Waals surface area (Å²) in [5, 5.41) is 0. The summed E-state index contributed by atoms with van der Waals surface area (Å²) in [6.45, 7) is 3.34. The van der Waals surface area contributed by atoms with Crippen LogP contribution in [0.15, 0.2) is 57.9 Å². The number of carbonyl (C=O) groups is 1. The first-order valence-electron chi connectivity index (χ1n) is 7.36. The fourth-order valence-electron chi connectivity index (χ4n) is 2.11. The Morgan fingerprint density at radius 1 is 1.12 bits per heavy atom. The highest BCUT2D eigenvalue weighted by Crippen LogP contribution is 2.30. The lowest BCUT2D eigenvalue weighted by molar-refractivity contribution is -0.141. The maximum atomic E-state index is 13.0. The van der Waals surface area contributed by atoms with Crippen molar-refractivity contribution in [2.75, 3.05) is 17.5 Å². The van der Waals surface area contributed by atoms with Gasteiger partial charge in [0.25, 0.3) is 10.0 Å². The molecule has 0 spiro atoms. The third-order valence-corrected chi connectivity index (χ3v) is 5.75. The van der Waals surface area contributed by atoms with E-state index in [1.54, 1.807) is 43.3 Å². The normalized spacial score (nSPS) is 11.1. The quantitative estimate of drug-likeness (QED) is 0.682. The molecular weight excluding hydrogens is 394 g/mol. The van der Waals surface area contributed by atoms with Gasteiger partial charge >= 0.3 is 5.97 Å². The van der Waals surface area contributed by atoms with Crippen LogP contribution in [0.4, 0.5) is 5.69 Å². The second kappa shape index (κ2) is 7.81. The molecule has 0 fully saturated rings. The van der Waals surface area contributed by atoms with Crippen molar-refractivity contribution in [3.63, 3.8) is 0 Å². The fraction of sp³-hybridized carbons (Fsp3) is 0.235. The topological polar surface area (TPSA) is 63.7 Å². The Bertz CT molecular complexity index is 819. The van der Waals surface area contributed by atoms with Gasteiger partial charge in [0.2, 0.25) is 0 Å². The van der Waals surface area contributed by atoms with Crippen molar-refractivity contribution in [1.82, 2.24) is 0 Å². The number of rotatable bonds is 6. The van der Waals surface area contributed by atoms with Crippen LogP contribution in [0.1, 0.15) is 12.5 Å². The Morgan fingerprint density at radius 2 is 1.75 bits per heavy atom. The predicted molar refractivity (Wildman–Crippen MR) is 96.5 cm³/mol.